The Bertz CT molecular complexity index is 934. The Morgan fingerprint density at radius 1 is 0.962 bits per heavy atom. The Morgan fingerprint density at radius 3 is 2.35 bits per heavy atom. The average Bonchev–Trinajstić information content (AvgIpc) is 2.88. The summed E-state index contributed by atoms with van der Waals surface area (Å²) in [5.74, 6) is 1.64. The summed E-state index contributed by atoms with van der Waals surface area (Å²) >= 11 is 6.72. The molecule has 0 saturated heterocycles. The SMILES string of the molecule is CN(C)CCOCc1cc2c(n1Cl)-c1ccccc1Oc1ccccc1-2. The minimum Gasteiger partial charge on any atom is -0.456 e. The van der Waals surface area contributed by atoms with E-state index in [9.17, 15) is 0 Å². The molecule has 4 nitrogen and oxygen atoms in total. The largest absolute Gasteiger partial charge is 0.456 e. The first-order valence-electron chi connectivity index (χ1n) is 8.65. The van der Waals surface area contributed by atoms with Crippen LogP contribution in [0.15, 0.2) is 54.6 Å². The first-order chi connectivity index (χ1) is 12.6. The standard InChI is InChI=1S/C21H21ClN2O2/c1-23(2)11-12-25-14-15-13-18-16-7-3-5-9-19(16)26-20-10-6-4-8-17(20)21(18)24(15)22/h3-10,13H,11-12,14H2,1-2H3. The predicted molar refractivity (Wildman–Crippen MR) is 105 cm³/mol. The van der Waals surface area contributed by atoms with Crippen molar-refractivity contribution in [3.63, 3.8) is 0 Å². The van der Waals surface area contributed by atoms with Crippen LogP contribution in [-0.4, -0.2) is 36.2 Å². The summed E-state index contributed by atoms with van der Waals surface area (Å²) in [6, 6.07) is 18.1. The third kappa shape index (κ3) is 3.12. The highest BCUT2D eigenvalue weighted by atomic mass is 35.5. The van der Waals surface area contributed by atoms with E-state index in [2.05, 4.69) is 17.0 Å². The molecule has 1 aromatic heterocycles. The number of benzene rings is 2. The molecule has 0 unspecified atom stereocenters. The number of para-hydroxylation sites is 2. The van der Waals surface area contributed by atoms with Gasteiger partial charge in [0, 0.05) is 35.0 Å². The molecule has 0 fully saturated rings. The summed E-state index contributed by atoms with van der Waals surface area (Å²) in [5.41, 5.74) is 4.95. The van der Waals surface area contributed by atoms with Crippen LogP contribution in [-0.2, 0) is 11.3 Å². The Labute approximate surface area is 158 Å². The second-order valence-corrected chi connectivity index (χ2v) is 6.97. The van der Waals surface area contributed by atoms with Crippen molar-refractivity contribution >= 4 is 11.8 Å². The van der Waals surface area contributed by atoms with Crippen LogP contribution in [0.25, 0.3) is 22.4 Å². The molecule has 0 saturated carbocycles. The van der Waals surface area contributed by atoms with E-state index in [-0.39, 0.29) is 0 Å². The Kier molecular flexibility index (Phi) is 4.72. The molecule has 1 aliphatic rings. The molecule has 134 valence electrons. The molecule has 2 heterocycles. The molecular formula is C21H21ClN2O2. The highest BCUT2D eigenvalue weighted by molar-refractivity contribution is 6.19. The van der Waals surface area contributed by atoms with Gasteiger partial charge in [0.1, 0.15) is 11.5 Å². The molecule has 0 aliphatic carbocycles. The number of ether oxygens (including phenoxy) is 2. The fraction of sp³-hybridized carbons (Fsp3) is 0.238. The van der Waals surface area contributed by atoms with Crippen LogP contribution < -0.4 is 4.74 Å². The van der Waals surface area contributed by atoms with Crippen molar-refractivity contribution in [3.05, 3.63) is 60.3 Å². The van der Waals surface area contributed by atoms with E-state index < -0.39 is 0 Å². The maximum absolute atomic E-state index is 6.72. The van der Waals surface area contributed by atoms with Crippen molar-refractivity contribution in [3.8, 4) is 33.9 Å². The number of aromatic nitrogens is 1. The van der Waals surface area contributed by atoms with Crippen molar-refractivity contribution in [1.29, 1.82) is 0 Å². The number of halogens is 1. The number of nitrogens with zero attached hydrogens (tertiary/aromatic N) is 2. The van der Waals surface area contributed by atoms with Gasteiger partial charge in [0.25, 0.3) is 0 Å². The van der Waals surface area contributed by atoms with Crippen molar-refractivity contribution < 1.29 is 9.47 Å². The minimum atomic E-state index is 0.468. The molecule has 3 aromatic rings. The second-order valence-electron chi connectivity index (χ2n) is 6.63. The van der Waals surface area contributed by atoms with Gasteiger partial charge in [-0.15, -0.1) is 0 Å². The third-order valence-corrected chi connectivity index (χ3v) is 4.87. The normalized spacial score (nSPS) is 12.2. The van der Waals surface area contributed by atoms with E-state index in [1.807, 2.05) is 56.6 Å². The Hall–Kier alpha value is -2.27. The summed E-state index contributed by atoms with van der Waals surface area (Å²) in [5, 5.41) is 0. The zero-order valence-corrected chi connectivity index (χ0v) is 15.7. The number of rotatable bonds is 5. The topological polar surface area (TPSA) is 26.6 Å². The van der Waals surface area contributed by atoms with Crippen LogP contribution >= 0.6 is 11.8 Å². The van der Waals surface area contributed by atoms with Crippen LogP contribution in [0.2, 0.25) is 0 Å². The molecule has 0 radical (unpaired) electrons. The fourth-order valence-corrected chi connectivity index (χ4v) is 3.45. The lowest BCUT2D eigenvalue weighted by Gasteiger charge is -2.11. The molecule has 2 aromatic carbocycles. The molecule has 0 spiro atoms. The lowest BCUT2D eigenvalue weighted by molar-refractivity contribution is 0.103. The zero-order valence-electron chi connectivity index (χ0n) is 14.9. The molecule has 0 bridgehead atoms. The van der Waals surface area contributed by atoms with Crippen molar-refractivity contribution in [2.45, 2.75) is 6.61 Å². The average molecular weight is 369 g/mol. The molecule has 5 heteroatoms. The van der Waals surface area contributed by atoms with Gasteiger partial charge in [-0.1, -0.05) is 30.3 Å². The number of hydrogen-bond donors (Lipinski definition) is 0. The highest BCUT2D eigenvalue weighted by Gasteiger charge is 2.25. The van der Waals surface area contributed by atoms with Crippen LogP contribution in [0.1, 0.15) is 5.69 Å². The van der Waals surface area contributed by atoms with Gasteiger partial charge in [0.05, 0.1) is 24.6 Å². The van der Waals surface area contributed by atoms with E-state index in [1.165, 1.54) is 0 Å². The monoisotopic (exact) mass is 368 g/mol. The van der Waals surface area contributed by atoms with Crippen LogP contribution in [0.5, 0.6) is 11.5 Å². The number of fused-ring (bicyclic) bond motifs is 5. The van der Waals surface area contributed by atoms with Gasteiger partial charge in [-0.05, 0) is 38.4 Å². The lowest BCUT2D eigenvalue weighted by Crippen LogP contribution is -2.18. The van der Waals surface area contributed by atoms with Gasteiger partial charge in [0.2, 0.25) is 0 Å². The molecule has 0 amide bonds. The highest BCUT2D eigenvalue weighted by Crippen LogP contribution is 2.48. The lowest BCUT2D eigenvalue weighted by atomic mass is 10.0. The summed E-state index contributed by atoms with van der Waals surface area (Å²) in [4.78, 5) is 2.10. The van der Waals surface area contributed by atoms with E-state index in [4.69, 9.17) is 21.3 Å². The van der Waals surface area contributed by atoms with Crippen molar-refractivity contribution in [2.24, 2.45) is 0 Å². The zero-order chi connectivity index (χ0) is 18.1. The predicted octanol–water partition coefficient (Wildman–Crippen LogP) is 5.01. The van der Waals surface area contributed by atoms with E-state index >= 15 is 0 Å². The van der Waals surface area contributed by atoms with Crippen LogP contribution in [0.3, 0.4) is 0 Å². The summed E-state index contributed by atoms with van der Waals surface area (Å²) < 4.78 is 13.7. The number of likely N-dealkylation sites (N-methyl/N-ethyl adjacent to an activating group) is 1. The molecule has 1 aliphatic heterocycles. The number of hydrogen-bond acceptors (Lipinski definition) is 3. The fourth-order valence-electron chi connectivity index (χ4n) is 3.17. The van der Waals surface area contributed by atoms with Crippen molar-refractivity contribution in [1.82, 2.24) is 8.99 Å². The molecule has 26 heavy (non-hydrogen) atoms. The quantitative estimate of drug-likeness (QED) is 0.463. The van der Waals surface area contributed by atoms with Crippen LogP contribution in [0.4, 0.5) is 0 Å². The maximum atomic E-state index is 6.72. The van der Waals surface area contributed by atoms with Gasteiger partial charge in [-0.25, -0.2) is 0 Å². The van der Waals surface area contributed by atoms with Gasteiger partial charge >= 0.3 is 0 Å². The molecular weight excluding hydrogens is 348 g/mol. The van der Waals surface area contributed by atoms with E-state index in [0.717, 1.165) is 46.1 Å². The molecule has 0 atom stereocenters. The van der Waals surface area contributed by atoms with Gasteiger partial charge in [-0.3, -0.25) is 4.09 Å². The van der Waals surface area contributed by atoms with E-state index in [1.54, 1.807) is 4.09 Å². The summed E-state index contributed by atoms with van der Waals surface area (Å²) in [6.07, 6.45) is 0. The molecule has 4 rings (SSSR count). The first-order valence-corrected chi connectivity index (χ1v) is 8.99. The second kappa shape index (κ2) is 7.16. The summed E-state index contributed by atoms with van der Waals surface area (Å²) in [6.45, 7) is 2.01. The Morgan fingerprint density at radius 2 is 1.62 bits per heavy atom. The minimum absolute atomic E-state index is 0.468. The van der Waals surface area contributed by atoms with Crippen molar-refractivity contribution in [2.75, 3.05) is 27.2 Å². The smallest absolute Gasteiger partial charge is 0.136 e. The van der Waals surface area contributed by atoms with Crippen LogP contribution in [0, 0.1) is 0 Å². The maximum Gasteiger partial charge on any atom is 0.136 e. The van der Waals surface area contributed by atoms with E-state index in [0.29, 0.717) is 13.2 Å². The van der Waals surface area contributed by atoms with Gasteiger partial charge < -0.3 is 14.4 Å². The molecule has 0 N–H and O–H groups in total. The third-order valence-electron chi connectivity index (χ3n) is 4.49. The van der Waals surface area contributed by atoms with Gasteiger partial charge in [0.15, 0.2) is 0 Å². The summed E-state index contributed by atoms with van der Waals surface area (Å²) in [7, 11) is 4.06. The first kappa shape index (κ1) is 17.2. The van der Waals surface area contributed by atoms with Gasteiger partial charge in [-0.2, -0.15) is 0 Å². The Balaban J connectivity index is 1.77.